The summed E-state index contributed by atoms with van der Waals surface area (Å²) in [5, 5.41) is 11.2. The molecule has 0 radical (unpaired) electrons. The molecule has 2 aromatic carbocycles. The Morgan fingerprint density at radius 3 is 2.23 bits per heavy atom. The summed E-state index contributed by atoms with van der Waals surface area (Å²) in [5.41, 5.74) is 0.523. The Morgan fingerprint density at radius 1 is 0.923 bits per heavy atom. The van der Waals surface area contributed by atoms with Crippen LogP contribution in [0.4, 0.5) is 0 Å². The number of ether oxygens (including phenoxy) is 5. The molecule has 0 saturated heterocycles. The molecule has 138 valence electrons. The van der Waals surface area contributed by atoms with Gasteiger partial charge in [-0.1, -0.05) is 12.1 Å². The molecule has 0 spiro atoms. The zero-order chi connectivity index (χ0) is 18.9. The van der Waals surface area contributed by atoms with E-state index in [1.165, 1.54) is 28.4 Å². The lowest BCUT2D eigenvalue weighted by molar-refractivity contribution is -0.346. The number of aliphatic hydroxyl groups is 1. The second-order valence-electron chi connectivity index (χ2n) is 5.67. The molecule has 0 fully saturated rings. The Kier molecular flexibility index (Phi) is 4.62. The molecule has 7 heteroatoms. The molecule has 1 N–H and O–H groups in total. The average Bonchev–Trinajstić information content (AvgIpc) is 2.70. The van der Waals surface area contributed by atoms with Gasteiger partial charge in [0.05, 0.1) is 19.8 Å². The summed E-state index contributed by atoms with van der Waals surface area (Å²) in [6, 6.07) is 11.4. The van der Waals surface area contributed by atoms with Gasteiger partial charge in [-0.05, 0) is 30.3 Å². The fourth-order valence-corrected chi connectivity index (χ4v) is 3.12. The maximum Gasteiger partial charge on any atom is 0.304 e. The predicted octanol–water partition coefficient (Wildman–Crippen LogP) is 2.11. The largest absolute Gasteiger partial charge is 0.493 e. The minimum atomic E-state index is -2.41. The first-order chi connectivity index (χ1) is 12.5. The quantitative estimate of drug-likeness (QED) is 0.818. The van der Waals surface area contributed by atoms with Crippen molar-refractivity contribution in [2.24, 2.45) is 0 Å². The zero-order valence-electron chi connectivity index (χ0n) is 14.9. The summed E-state index contributed by atoms with van der Waals surface area (Å²) in [5.74, 6) is -3.88. The molecule has 0 aromatic heterocycles. The number of para-hydroxylation sites is 1. The summed E-state index contributed by atoms with van der Waals surface area (Å²) in [7, 11) is 5.52. The lowest BCUT2D eigenvalue weighted by Gasteiger charge is -2.46. The highest BCUT2D eigenvalue weighted by Crippen LogP contribution is 2.48. The van der Waals surface area contributed by atoms with E-state index in [0.717, 1.165) is 0 Å². The third kappa shape index (κ3) is 2.36. The van der Waals surface area contributed by atoms with Crippen LogP contribution in [0, 0.1) is 0 Å². The molecular formula is C19H20O7. The molecule has 1 aliphatic rings. The first-order valence-corrected chi connectivity index (χ1v) is 7.85. The molecule has 26 heavy (non-hydrogen) atoms. The van der Waals surface area contributed by atoms with E-state index in [4.69, 9.17) is 23.7 Å². The summed E-state index contributed by atoms with van der Waals surface area (Å²) in [6.45, 7) is 0. The average molecular weight is 360 g/mol. The highest BCUT2D eigenvalue weighted by molar-refractivity contribution is 6.05. The van der Waals surface area contributed by atoms with Crippen LogP contribution < -0.4 is 14.2 Å². The van der Waals surface area contributed by atoms with Crippen LogP contribution in [0.5, 0.6) is 17.2 Å². The van der Waals surface area contributed by atoms with Crippen molar-refractivity contribution in [2.75, 3.05) is 28.4 Å². The number of methoxy groups -OCH3 is 4. The van der Waals surface area contributed by atoms with Crippen molar-refractivity contribution >= 4 is 5.78 Å². The molecular weight excluding hydrogens is 340 g/mol. The number of rotatable bonds is 5. The maximum absolute atomic E-state index is 13.0. The fourth-order valence-electron chi connectivity index (χ4n) is 3.12. The number of ketones is 1. The van der Waals surface area contributed by atoms with E-state index >= 15 is 0 Å². The van der Waals surface area contributed by atoms with Gasteiger partial charge < -0.3 is 28.8 Å². The highest BCUT2D eigenvalue weighted by Gasteiger charge is 2.64. The SMILES string of the molecule is COc1ccc([C@]2(OC)Oc3ccccc3C(=O)[C@]2(O)OC)cc1OC. The molecule has 1 heterocycles. The number of fused-ring (bicyclic) bond motifs is 1. The normalized spacial score (nSPS) is 24.6. The van der Waals surface area contributed by atoms with Crippen LogP contribution in [0.25, 0.3) is 0 Å². The Labute approximate surface area is 151 Å². The van der Waals surface area contributed by atoms with Gasteiger partial charge in [0.15, 0.2) is 11.5 Å². The molecule has 0 aliphatic carbocycles. The number of hydrogen-bond acceptors (Lipinski definition) is 7. The first kappa shape index (κ1) is 18.2. The molecule has 0 bridgehead atoms. The molecule has 2 atom stereocenters. The van der Waals surface area contributed by atoms with Crippen molar-refractivity contribution in [1.82, 2.24) is 0 Å². The van der Waals surface area contributed by atoms with E-state index in [2.05, 4.69) is 0 Å². The van der Waals surface area contributed by atoms with E-state index in [9.17, 15) is 9.90 Å². The van der Waals surface area contributed by atoms with Crippen molar-refractivity contribution < 1.29 is 33.6 Å². The van der Waals surface area contributed by atoms with E-state index < -0.39 is 17.4 Å². The summed E-state index contributed by atoms with van der Waals surface area (Å²) in [4.78, 5) is 13.0. The van der Waals surface area contributed by atoms with Crippen LogP contribution in [-0.2, 0) is 15.3 Å². The van der Waals surface area contributed by atoms with Crippen molar-refractivity contribution in [1.29, 1.82) is 0 Å². The molecule has 3 rings (SSSR count). The Morgan fingerprint density at radius 2 is 1.62 bits per heavy atom. The number of carbonyl (C=O) groups excluding carboxylic acids is 1. The Hall–Kier alpha value is -2.61. The van der Waals surface area contributed by atoms with E-state index in [1.807, 2.05) is 0 Å². The minimum absolute atomic E-state index is 0.199. The fraction of sp³-hybridized carbons (Fsp3) is 0.316. The monoisotopic (exact) mass is 360 g/mol. The standard InChI is InChI=1S/C19H20O7/c1-22-15-10-9-12(11-16(15)23-2)19(25-4)18(21,24-3)17(20)13-7-5-6-8-14(13)26-19/h5-11,21H,1-4H3/t18-,19-/m0/s1. The third-order valence-corrected chi connectivity index (χ3v) is 4.49. The van der Waals surface area contributed by atoms with Crippen LogP contribution in [0.3, 0.4) is 0 Å². The van der Waals surface area contributed by atoms with Crippen molar-refractivity contribution in [3.63, 3.8) is 0 Å². The van der Waals surface area contributed by atoms with Crippen LogP contribution in [0.2, 0.25) is 0 Å². The van der Waals surface area contributed by atoms with Gasteiger partial charge in [-0.2, -0.15) is 0 Å². The Bertz CT molecular complexity index is 834. The number of hydrogen-bond donors (Lipinski definition) is 1. The first-order valence-electron chi connectivity index (χ1n) is 7.85. The molecule has 0 amide bonds. The van der Waals surface area contributed by atoms with Crippen LogP contribution in [0.15, 0.2) is 42.5 Å². The van der Waals surface area contributed by atoms with Crippen molar-refractivity contribution in [3.8, 4) is 17.2 Å². The van der Waals surface area contributed by atoms with Gasteiger partial charge >= 0.3 is 5.79 Å². The van der Waals surface area contributed by atoms with Crippen LogP contribution in [0.1, 0.15) is 15.9 Å². The van der Waals surface area contributed by atoms with Crippen LogP contribution in [-0.4, -0.2) is 45.1 Å². The van der Waals surface area contributed by atoms with Gasteiger partial charge in [-0.25, -0.2) is 0 Å². The highest BCUT2D eigenvalue weighted by atomic mass is 16.8. The van der Waals surface area contributed by atoms with E-state index in [-0.39, 0.29) is 11.3 Å². The maximum atomic E-state index is 13.0. The second-order valence-corrected chi connectivity index (χ2v) is 5.67. The van der Waals surface area contributed by atoms with Gasteiger partial charge in [0.1, 0.15) is 5.75 Å². The van der Waals surface area contributed by atoms with E-state index in [1.54, 1.807) is 42.5 Å². The van der Waals surface area contributed by atoms with Gasteiger partial charge in [0, 0.05) is 19.8 Å². The van der Waals surface area contributed by atoms with Gasteiger partial charge in [0.2, 0.25) is 5.78 Å². The second kappa shape index (κ2) is 6.60. The predicted molar refractivity (Wildman–Crippen MR) is 91.6 cm³/mol. The van der Waals surface area contributed by atoms with Crippen molar-refractivity contribution in [2.45, 2.75) is 11.6 Å². The molecule has 0 unspecified atom stereocenters. The van der Waals surface area contributed by atoms with Gasteiger partial charge in [-0.3, -0.25) is 4.79 Å². The summed E-state index contributed by atoms with van der Waals surface area (Å²) < 4.78 is 27.3. The molecule has 0 saturated carbocycles. The van der Waals surface area contributed by atoms with E-state index in [0.29, 0.717) is 17.1 Å². The molecule has 7 nitrogen and oxygen atoms in total. The van der Waals surface area contributed by atoms with Gasteiger partial charge in [-0.15, -0.1) is 0 Å². The summed E-state index contributed by atoms with van der Waals surface area (Å²) >= 11 is 0. The van der Waals surface area contributed by atoms with Gasteiger partial charge in [0.25, 0.3) is 5.79 Å². The number of carbonyl (C=O) groups is 1. The lowest BCUT2D eigenvalue weighted by atomic mass is 9.86. The topological polar surface area (TPSA) is 83.5 Å². The third-order valence-electron chi connectivity index (χ3n) is 4.49. The molecule has 2 aromatic rings. The number of benzene rings is 2. The van der Waals surface area contributed by atoms with Crippen LogP contribution >= 0.6 is 0 Å². The smallest absolute Gasteiger partial charge is 0.304 e. The summed E-state index contributed by atoms with van der Waals surface area (Å²) in [6.07, 6.45) is 0. The lowest BCUT2D eigenvalue weighted by Crippen LogP contribution is -2.64. The minimum Gasteiger partial charge on any atom is -0.493 e. The number of Topliss-reactive ketones (excluding diaryl/α,β-unsaturated/α-hetero) is 1. The van der Waals surface area contributed by atoms with Crippen molar-refractivity contribution in [3.05, 3.63) is 53.6 Å². The molecule has 1 aliphatic heterocycles. The Balaban J connectivity index is 2.26. The zero-order valence-corrected chi connectivity index (χ0v) is 14.9.